The van der Waals surface area contributed by atoms with Gasteiger partial charge in [-0.15, -0.1) is 0 Å². The fraction of sp³-hybridized carbons (Fsp3) is 0.235. The lowest BCUT2D eigenvalue weighted by Crippen LogP contribution is -2.30. The minimum Gasteiger partial charge on any atom is -0.325 e. The lowest BCUT2D eigenvalue weighted by molar-refractivity contribution is -0.115. The van der Waals surface area contributed by atoms with Crippen LogP contribution in [0.4, 0.5) is 10.1 Å². The molecule has 0 saturated heterocycles. The fourth-order valence-electron chi connectivity index (χ4n) is 2.07. The van der Waals surface area contributed by atoms with E-state index < -0.39 is 0 Å². The number of hydrogen-bond donors (Lipinski definition) is 2. The molecule has 0 aliphatic rings. The van der Waals surface area contributed by atoms with E-state index in [1.54, 1.807) is 6.07 Å². The standard InChI is InChI=1S/C17H19FN2O/c1-12-5-3-8-16(9-12)20-17(21)11-19-13(2)14-6-4-7-15(18)10-14/h3-10,13,19H,11H2,1-2H3,(H,20,21). The van der Waals surface area contributed by atoms with Gasteiger partial charge in [-0.1, -0.05) is 24.3 Å². The van der Waals surface area contributed by atoms with Crippen molar-refractivity contribution in [3.63, 3.8) is 0 Å². The molecule has 2 aromatic rings. The maximum atomic E-state index is 13.1. The lowest BCUT2D eigenvalue weighted by atomic mass is 10.1. The van der Waals surface area contributed by atoms with Crippen LogP contribution in [0, 0.1) is 12.7 Å². The van der Waals surface area contributed by atoms with Gasteiger partial charge in [0.05, 0.1) is 6.54 Å². The van der Waals surface area contributed by atoms with Gasteiger partial charge in [0.2, 0.25) is 5.91 Å². The summed E-state index contributed by atoms with van der Waals surface area (Å²) >= 11 is 0. The Balaban J connectivity index is 1.86. The summed E-state index contributed by atoms with van der Waals surface area (Å²) in [5, 5.41) is 5.91. The first kappa shape index (κ1) is 15.2. The van der Waals surface area contributed by atoms with Gasteiger partial charge in [0.15, 0.2) is 0 Å². The summed E-state index contributed by atoms with van der Waals surface area (Å²) in [6.45, 7) is 4.04. The third kappa shape index (κ3) is 4.68. The topological polar surface area (TPSA) is 41.1 Å². The van der Waals surface area contributed by atoms with Crippen molar-refractivity contribution in [3.05, 3.63) is 65.5 Å². The van der Waals surface area contributed by atoms with Crippen molar-refractivity contribution in [1.29, 1.82) is 0 Å². The minimum absolute atomic E-state index is 0.0936. The first-order valence-corrected chi connectivity index (χ1v) is 6.90. The maximum Gasteiger partial charge on any atom is 0.238 e. The Morgan fingerprint density at radius 2 is 1.95 bits per heavy atom. The average molecular weight is 286 g/mol. The number of rotatable bonds is 5. The van der Waals surface area contributed by atoms with Crippen LogP contribution in [0.1, 0.15) is 24.1 Å². The van der Waals surface area contributed by atoms with E-state index in [1.165, 1.54) is 12.1 Å². The van der Waals surface area contributed by atoms with Crippen LogP contribution in [0.25, 0.3) is 0 Å². The summed E-state index contributed by atoms with van der Waals surface area (Å²) in [6, 6.07) is 13.9. The molecule has 0 saturated carbocycles. The Morgan fingerprint density at radius 3 is 2.67 bits per heavy atom. The van der Waals surface area contributed by atoms with Gasteiger partial charge in [0.25, 0.3) is 0 Å². The molecule has 3 nitrogen and oxygen atoms in total. The third-order valence-electron chi connectivity index (χ3n) is 3.22. The van der Waals surface area contributed by atoms with Gasteiger partial charge in [-0.2, -0.15) is 0 Å². The molecular formula is C17H19FN2O. The van der Waals surface area contributed by atoms with E-state index in [-0.39, 0.29) is 24.3 Å². The molecular weight excluding hydrogens is 267 g/mol. The van der Waals surface area contributed by atoms with E-state index in [4.69, 9.17) is 0 Å². The van der Waals surface area contributed by atoms with Crippen molar-refractivity contribution in [2.75, 3.05) is 11.9 Å². The second kappa shape index (κ2) is 6.99. The molecule has 0 aliphatic carbocycles. The Kier molecular flexibility index (Phi) is 5.06. The highest BCUT2D eigenvalue weighted by Gasteiger charge is 2.08. The second-order valence-electron chi connectivity index (χ2n) is 5.08. The van der Waals surface area contributed by atoms with E-state index in [1.807, 2.05) is 44.2 Å². The number of carbonyl (C=O) groups excluding carboxylic acids is 1. The molecule has 1 unspecified atom stereocenters. The van der Waals surface area contributed by atoms with Crippen LogP contribution >= 0.6 is 0 Å². The molecule has 0 aliphatic heterocycles. The van der Waals surface area contributed by atoms with Crippen molar-refractivity contribution in [2.24, 2.45) is 0 Å². The summed E-state index contributed by atoms with van der Waals surface area (Å²) in [5.74, 6) is -0.394. The summed E-state index contributed by atoms with van der Waals surface area (Å²) in [4.78, 5) is 11.9. The Bertz CT molecular complexity index is 628. The number of anilines is 1. The zero-order valence-corrected chi connectivity index (χ0v) is 12.2. The monoisotopic (exact) mass is 286 g/mol. The summed E-state index contributed by atoms with van der Waals surface area (Å²) in [7, 11) is 0. The molecule has 0 fully saturated rings. The molecule has 2 rings (SSSR count). The number of hydrogen-bond acceptors (Lipinski definition) is 2. The third-order valence-corrected chi connectivity index (χ3v) is 3.22. The number of benzene rings is 2. The van der Waals surface area contributed by atoms with Crippen LogP contribution < -0.4 is 10.6 Å². The molecule has 0 bridgehead atoms. The summed E-state index contributed by atoms with van der Waals surface area (Å²) in [6.07, 6.45) is 0. The molecule has 2 N–H and O–H groups in total. The molecule has 21 heavy (non-hydrogen) atoms. The number of nitrogens with one attached hydrogen (secondary N) is 2. The van der Waals surface area contributed by atoms with Crippen molar-refractivity contribution in [3.8, 4) is 0 Å². The van der Waals surface area contributed by atoms with Gasteiger partial charge in [0, 0.05) is 11.7 Å². The predicted molar refractivity (Wildman–Crippen MR) is 82.6 cm³/mol. The quantitative estimate of drug-likeness (QED) is 0.884. The Hall–Kier alpha value is -2.20. The van der Waals surface area contributed by atoms with Gasteiger partial charge in [-0.05, 0) is 49.2 Å². The van der Waals surface area contributed by atoms with Crippen LogP contribution in [0.5, 0.6) is 0 Å². The summed E-state index contributed by atoms with van der Waals surface area (Å²) in [5.41, 5.74) is 2.69. The average Bonchev–Trinajstić information content (AvgIpc) is 2.45. The van der Waals surface area contributed by atoms with Crippen LogP contribution in [0.15, 0.2) is 48.5 Å². The van der Waals surface area contributed by atoms with E-state index in [0.29, 0.717) is 0 Å². The van der Waals surface area contributed by atoms with Gasteiger partial charge in [-0.3, -0.25) is 4.79 Å². The normalized spacial score (nSPS) is 12.0. The number of amides is 1. The molecule has 0 aromatic heterocycles. The fourth-order valence-corrected chi connectivity index (χ4v) is 2.07. The second-order valence-corrected chi connectivity index (χ2v) is 5.08. The molecule has 0 heterocycles. The van der Waals surface area contributed by atoms with Crippen LogP contribution in [0.2, 0.25) is 0 Å². The van der Waals surface area contributed by atoms with Crippen molar-refractivity contribution >= 4 is 11.6 Å². The predicted octanol–water partition coefficient (Wildman–Crippen LogP) is 3.42. The molecule has 0 spiro atoms. The first-order valence-electron chi connectivity index (χ1n) is 6.90. The molecule has 1 atom stereocenters. The zero-order valence-electron chi connectivity index (χ0n) is 12.2. The van der Waals surface area contributed by atoms with E-state index in [9.17, 15) is 9.18 Å². The number of halogens is 1. The van der Waals surface area contributed by atoms with Crippen molar-refractivity contribution in [1.82, 2.24) is 5.32 Å². The van der Waals surface area contributed by atoms with Crippen LogP contribution in [0.3, 0.4) is 0 Å². The molecule has 110 valence electrons. The van der Waals surface area contributed by atoms with Gasteiger partial charge >= 0.3 is 0 Å². The highest BCUT2D eigenvalue weighted by molar-refractivity contribution is 5.92. The smallest absolute Gasteiger partial charge is 0.238 e. The molecule has 1 amide bonds. The lowest BCUT2D eigenvalue weighted by Gasteiger charge is -2.14. The number of carbonyl (C=O) groups is 1. The largest absolute Gasteiger partial charge is 0.325 e. The van der Waals surface area contributed by atoms with E-state index >= 15 is 0 Å². The zero-order chi connectivity index (χ0) is 15.2. The highest BCUT2D eigenvalue weighted by Crippen LogP contribution is 2.13. The molecule has 4 heteroatoms. The highest BCUT2D eigenvalue weighted by atomic mass is 19.1. The SMILES string of the molecule is Cc1cccc(NC(=O)CNC(C)c2cccc(F)c2)c1. The maximum absolute atomic E-state index is 13.1. The van der Waals surface area contributed by atoms with Crippen molar-refractivity contribution < 1.29 is 9.18 Å². The molecule has 0 radical (unpaired) electrons. The van der Waals surface area contributed by atoms with Gasteiger partial charge in [-0.25, -0.2) is 4.39 Å². The van der Waals surface area contributed by atoms with Crippen LogP contribution in [-0.2, 0) is 4.79 Å². The minimum atomic E-state index is -0.273. The van der Waals surface area contributed by atoms with Crippen LogP contribution in [-0.4, -0.2) is 12.5 Å². The Morgan fingerprint density at radius 1 is 1.19 bits per heavy atom. The summed E-state index contributed by atoms with van der Waals surface area (Å²) < 4.78 is 13.1. The molecule has 2 aromatic carbocycles. The van der Waals surface area contributed by atoms with E-state index in [0.717, 1.165) is 16.8 Å². The first-order chi connectivity index (χ1) is 10.0. The van der Waals surface area contributed by atoms with Crippen molar-refractivity contribution in [2.45, 2.75) is 19.9 Å². The number of aryl methyl sites for hydroxylation is 1. The van der Waals surface area contributed by atoms with Gasteiger partial charge in [0.1, 0.15) is 5.82 Å². The Labute approximate surface area is 124 Å². The van der Waals surface area contributed by atoms with E-state index in [2.05, 4.69) is 10.6 Å². The van der Waals surface area contributed by atoms with Gasteiger partial charge < -0.3 is 10.6 Å².